The maximum atomic E-state index is 12.1. The number of carbonyl (C=O) groups excluding carboxylic acids is 2. The van der Waals surface area contributed by atoms with E-state index in [2.05, 4.69) is 0 Å². The van der Waals surface area contributed by atoms with E-state index in [1.807, 2.05) is 64.2 Å². The number of ether oxygens (including phenoxy) is 3. The summed E-state index contributed by atoms with van der Waals surface area (Å²) < 4.78 is 18.0. The third-order valence-corrected chi connectivity index (χ3v) is 6.70. The molecule has 2 aromatic heterocycles. The van der Waals surface area contributed by atoms with Crippen LogP contribution in [0.25, 0.3) is 32.9 Å². The molecular formula is C31H32N2O5. The highest BCUT2D eigenvalue weighted by atomic mass is 16.6. The summed E-state index contributed by atoms with van der Waals surface area (Å²) in [6.07, 6.45) is 2.10. The molecule has 5 rings (SSSR count). The van der Waals surface area contributed by atoms with Crippen molar-refractivity contribution in [1.82, 2.24) is 9.97 Å². The Kier molecular flexibility index (Phi) is 6.65. The Hall–Kier alpha value is -3.84. The molecule has 4 aromatic rings. The quantitative estimate of drug-likeness (QED) is 0.221. The zero-order valence-electron chi connectivity index (χ0n) is 22.7. The minimum atomic E-state index is -0.548. The van der Waals surface area contributed by atoms with Gasteiger partial charge >= 0.3 is 5.97 Å². The number of esters is 1. The average Bonchev–Trinajstić information content (AvgIpc) is 2.85. The zero-order chi connectivity index (χ0) is 27.2. The van der Waals surface area contributed by atoms with Crippen molar-refractivity contribution in [2.24, 2.45) is 0 Å². The lowest BCUT2D eigenvalue weighted by atomic mass is 9.86. The van der Waals surface area contributed by atoms with Crippen molar-refractivity contribution in [1.29, 1.82) is 0 Å². The molecule has 0 amide bonds. The highest BCUT2D eigenvalue weighted by molar-refractivity contribution is 6.08. The molecule has 2 aromatic carbocycles. The molecule has 0 spiro atoms. The maximum absolute atomic E-state index is 12.1. The third-order valence-electron chi connectivity index (χ3n) is 6.70. The van der Waals surface area contributed by atoms with Crippen molar-refractivity contribution in [2.45, 2.75) is 59.7 Å². The van der Waals surface area contributed by atoms with Crippen LogP contribution in [0.2, 0.25) is 0 Å². The molecule has 196 valence electrons. The molecular weight excluding hydrogens is 480 g/mol. The molecule has 0 fully saturated rings. The van der Waals surface area contributed by atoms with Crippen LogP contribution in [0.5, 0.6) is 5.75 Å². The van der Waals surface area contributed by atoms with E-state index in [4.69, 9.17) is 24.2 Å². The molecule has 38 heavy (non-hydrogen) atoms. The van der Waals surface area contributed by atoms with Crippen LogP contribution in [0.3, 0.4) is 0 Å². The second-order valence-electron chi connectivity index (χ2n) is 10.7. The number of fused-ring (bicyclic) bond motifs is 1. The summed E-state index contributed by atoms with van der Waals surface area (Å²) in [6.45, 7) is 11.5. The Morgan fingerprint density at radius 2 is 1.89 bits per heavy atom. The van der Waals surface area contributed by atoms with Crippen molar-refractivity contribution in [3.8, 4) is 16.9 Å². The van der Waals surface area contributed by atoms with Gasteiger partial charge in [-0.1, -0.05) is 0 Å². The summed E-state index contributed by atoms with van der Waals surface area (Å²) >= 11 is 0. The van der Waals surface area contributed by atoms with E-state index in [0.717, 1.165) is 50.7 Å². The molecule has 3 heterocycles. The first-order chi connectivity index (χ1) is 18.0. The molecule has 1 atom stereocenters. The predicted octanol–water partition coefficient (Wildman–Crippen LogP) is 6.32. The van der Waals surface area contributed by atoms with Crippen LogP contribution in [-0.2, 0) is 20.7 Å². The fourth-order valence-electron chi connectivity index (χ4n) is 5.22. The van der Waals surface area contributed by atoms with Crippen LogP contribution >= 0.6 is 0 Å². The normalized spacial score (nSPS) is 13.8. The summed E-state index contributed by atoms with van der Waals surface area (Å²) in [4.78, 5) is 33.5. The molecule has 0 saturated heterocycles. The molecule has 1 aliphatic heterocycles. The van der Waals surface area contributed by atoms with E-state index in [-0.39, 0.29) is 18.4 Å². The summed E-state index contributed by atoms with van der Waals surface area (Å²) in [5.41, 5.74) is 6.22. The van der Waals surface area contributed by atoms with Crippen LogP contribution in [-0.4, -0.2) is 40.5 Å². The Morgan fingerprint density at radius 3 is 2.61 bits per heavy atom. The Morgan fingerprint density at radius 1 is 1.11 bits per heavy atom. The second-order valence-corrected chi connectivity index (χ2v) is 10.7. The van der Waals surface area contributed by atoms with Gasteiger partial charge in [-0.2, -0.15) is 0 Å². The van der Waals surface area contributed by atoms with Crippen molar-refractivity contribution >= 4 is 33.6 Å². The molecule has 0 bridgehead atoms. The number of hydrogen-bond donors (Lipinski definition) is 0. The lowest BCUT2D eigenvalue weighted by Gasteiger charge is -2.31. The van der Waals surface area contributed by atoms with E-state index in [0.29, 0.717) is 17.8 Å². The fourth-order valence-corrected chi connectivity index (χ4v) is 5.22. The first-order valence-corrected chi connectivity index (χ1v) is 12.8. The molecule has 0 saturated carbocycles. The fraction of sp³-hybridized carbons (Fsp3) is 0.355. The van der Waals surface area contributed by atoms with Gasteiger partial charge in [0.25, 0.3) is 0 Å². The second kappa shape index (κ2) is 9.80. The van der Waals surface area contributed by atoms with Gasteiger partial charge in [0.15, 0.2) is 5.78 Å². The number of benzene rings is 2. The first-order valence-electron chi connectivity index (χ1n) is 12.8. The number of aryl methyl sites for hydroxylation is 1. The SMILES string of the molecule is CC(=O)OCC(OC(C)(C)C)c1c(C)cc2nc(C(C)=O)ccc2c1-c1ccc2c3c(ccnc13)CCO2. The monoisotopic (exact) mass is 512 g/mol. The third kappa shape index (κ3) is 4.86. The van der Waals surface area contributed by atoms with Crippen LogP contribution in [0, 0.1) is 6.92 Å². The van der Waals surface area contributed by atoms with Gasteiger partial charge in [0, 0.05) is 42.8 Å². The average molecular weight is 513 g/mol. The summed E-state index contributed by atoms with van der Waals surface area (Å²) in [6, 6.07) is 11.7. The number of ketones is 1. The van der Waals surface area contributed by atoms with Crippen LogP contribution in [0.4, 0.5) is 0 Å². The molecule has 1 aliphatic rings. The number of rotatable bonds is 6. The van der Waals surface area contributed by atoms with E-state index in [1.54, 1.807) is 6.07 Å². The Bertz CT molecular complexity index is 1580. The van der Waals surface area contributed by atoms with Gasteiger partial charge in [-0.25, -0.2) is 4.98 Å². The lowest BCUT2D eigenvalue weighted by molar-refractivity contribution is -0.150. The Labute approximate surface area is 222 Å². The van der Waals surface area contributed by atoms with Gasteiger partial charge in [-0.05, 0) is 86.3 Å². The number of Topliss-reactive ketones (excluding diaryl/α,β-unsaturated/α-hetero) is 1. The predicted molar refractivity (Wildman–Crippen MR) is 147 cm³/mol. The van der Waals surface area contributed by atoms with E-state index < -0.39 is 11.7 Å². The molecule has 0 aliphatic carbocycles. The van der Waals surface area contributed by atoms with Gasteiger partial charge < -0.3 is 14.2 Å². The van der Waals surface area contributed by atoms with Gasteiger partial charge in [-0.3, -0.25) is 14.6 Å². The summed E-state index contributed by atoms with van der Waals surface area (Å²) in [5.74, 6) is 0.344. The van der Waals surface area contributed by atoms with E-state index >= 15 is 0 Å². The van der Waals surface area contributed by atoms with Gasteiger partial charge in [0.1, 0.15) is 24.2 Å². The maximum Gasteiger partial charge on any atom is 0.302 e. The molecule has 0 radical (unpaired) electrons. The number of pyridine rings is 2. The standard InChI is InChI=1S/C31H32N2O5/c1-17-15-24-21(7-9-23(33-24)18(2)34)29(27(17)26(16-37-19(3)35)38-31(4,5)6)22-8-10-25-28-20(12-14-36-25)11-13-32-30(22)28/h7-11,13,15,26H,12,14,16H2,1-6H3. The number of nitrogens with zero attached hydrogens (tertiary/aromatic N) is 2. The van der Waals surface area contributed by atoms with Crippen LogP contribution < -0.4 is 4.74 Å². The van der Waals surface area contributed by atoms with Crippen molar-refractivity contribution < 1.29 is 23.8 Å². The first kappa shape index (κ1) is 25.8. The van der Waals surface area contributed by atoms with Crippen LogP contribution in [0.1, 0.15) is 67.9 Å². The van der Waals surface area contributed by atoms with Crippen LogP contribution in [0.15, 0.2) is 42.6 Å². The molecule has 1 unspecified atom stereocenters. The highest BCUT2D eigenvalue weighted by Gasteiger charge is 2.29. The van der Waals surface area contributed by atoms with E-state index in [9.17, 15) is 9.59 Å². The smallest absolute Gasteiger partial charge is 0.302 e. The Balaban J connectivity index is 1.87. The molecule has 7 heteroatoms. The minimum Gasteiger partial charge on any atom is -0.493 e. The number of aromatic nitrogens is 2. The summed E-state index contributed by atoms with van der Waals surface area (Å²) in [7, 11) is 0. The zero-order valence-corrected chi connectivity index (χ0v) is 22.7. The van der Waals surface area contributed by atoms with Gasteiger partial charge in [0.2, 0.25) is 0 Å². The topological polar surface area (TPSA) is 87.6 Å². The minimum absolute atomic E-state index is 0.0582. The molecule has 0 N–H and O–H groups in total. The molecule has 7 nitrogen and oxygen atoms in total. The highest BCUT2D eigenvalue weighted by Crippen LogP contribution is 2.44. The number of hydrogen-bond acceptors (Lipinski definition) is 7. The van der Waals surface area contributed by atoms with Gasteiger partial charge in [-0.15, -0.1) is 0 Å². The van der Waals surface area contributed by atoms with E-state index in [1.165, 1.54) is 19.4 Å². The summed E-state index contributed by atoms with van der Waals surface area (Å²) in [5, 5.41) is 1.86. The number of carbonyl (C=O) groups is 2. The lowest BCUT2D eigenvalue weighted by Crippen LogP contribution is -2.27. The van der Waals surface area contributed by atoms with Gasteiger partial charge in [0.05, 0.1) is 23.2 Å². The largest absolute Gasteiger partial charge is 0.493 e. The van der Waals surface area contributed by atoms with Crippen molar-refractivity contribution in [3.63, 3.8) is 0 Å². The van der Waals surface area contributed by atoms with Crippen molar-refractivity contribution in [3.05, 3.63) is 65.0 Å². The van der Waals surface area contributed by atoms with Crippen molar-refractivity contribution in [2.75, 3.05) is 13.2 Å².